The molecule has 4 rings (SSSR count). The lowest BCUT2D eigenvalue weighted by molar-refractivity contribution is -0.277. The molecule has 1 aromatic heterocycles. The molecule has 0 spiro atoms. The smallest absolute Gasteiger partial charge is 0.446 e. The number of benzene rings is 2. The molecule has 7 N–H and O–H groups in total. The van der Waals surface area contributed by atoms with Gasteiger partial charge >= 0.3 is 10.4 Å². The highest BCUT2D eigenvalue weighted by molar-refractivity contribution is 7.81. The molecule has 1 aliphatic rings. The third-order valence-electron chi connectivity index (χ3n) is 5.31. The van der Waals surface area contributed by atoms with Gasteiger partial charge in [-0.25, -0.2) is 0 Å². The Morgan fingerprint density at radius 1 is 0.944 bits per heavy atom. The van der Waals surface area contributed by atoms with E-state index in [0.29, 0.717) is 0 Å². The van der Waals surface area contributed by atoms with Crippen molar-refractivity contribution in [3.8, 4) is 34.3 Å². The molecule has 1 saturated heterocycles. The molecule has 0 amide bonds. The number of phenolic OH excluding ortho intramolecular Hbond substituents is 2. The van der Waals surface area contributed by atoms with E-state index in [9.17, 15) is 43.9 Å². The first-order valence-corrected chi connectivity index (χ1v) is 11.5. The summed E-state index contributed by atoms with van der Waals surface area (Å²) < 4.78 is 51.8. The van der Waals surface area contributed by atoms with Gasteiger partial charge in [0.15, 0.2) is 22.7 Å². The van der Waals surface area contributed by atoms with Crippen molar-refractivity contribution >= 4 is 21.4 Å². The number of ether oxygens (including phenoxy) is 2. The van der Waals surface area contributed by atoms with Crippen molar-refractivity contribution in [2.45, 2.75) is 30.7 Å². The minimum atomic E-state index is -5.02. The Labute approximate surface area is 201 Å². The van der Waals surface area contributed by atoms with E-state index in [-0.39, 0.29) is 22.7 Å². The first-order chi connectivity index (χ1) is 16.9. The Morgan fingerprint density at radius 3 is 2.33 bits per heavy atom. The quantitative estimate of drug-likeness (QED) is 0.195. The minimum Gasteiger partial charge on any atom is -0.508 e. The molecule has 0 bridgehead atoms. The van der Waals surface area contributed by atoms with Gasteiger partial charge in [-0.05, 0) is 18.2 Å². The Hall–Kier alpha value is -3.44. The molecule has 194 valence electrons. The van der Waals surface area contributed by atoms with Crippen molar-refractivity contribution < 1.29 is 61.7 Å². The number of aromatic hydroxyl groups is 2. The number of fused-ring (bicyclic) bond motifs is 1. The van der Waals surface area contributed by atoms with Crippen LogP contribution in [0.25, 0.3) is 22.3 Å². The Morgan fingerprint density at radius 2 is 1.67 bits per heavy atom. The highest BCUT2D eigenvalue weighted by Gasteiger charge is 2.45. The van der Waals surface area contributed by atoms with Crippen LogP contribution in [0.1, 0.15) is 0 Å². The normalized spacial score (nSPS) is 24.5. The van der Waals surface area contributed by atoms with E-state index in [0.717, 1.165) is 24.3 Å². The molecule has 1 aliphatic heterocycles. The topological polar surface area (TPSA) is 234 Å². The van der Waals surface area contributed by atoms with Gasteiger partial charge in [-0.1, -0.05) is 0 Å². The highest BCUT2D eigenvalue weighted by atomic mass is 32.3. The molecule has 36 heavy (non-hydrogen) atoms. The van der Waals surface area contributed by atoms with Gasteiger partial charge in [0.1, 0.15) is 46.9 Å². The SMILES string of the molecule is O=c1cc(-c2ccc(O)c(OC3O[C@H](CO)[C@@H](O)[C@H](O)[C@H]3O)c2)oc2cc(O)cc(OS(=O)(=O)O)c12. The summed E-state index contributed by atoms with van der Waals surface area (Å²) >= 11 is 0. The second-order valence-electron chi connectivity index (χ2n) is 7.80. The van der Waals surface area contributed by atoms with Gasteiger partial charge in [-0.15, -0.1) is 0 Å². The summed E-state index contributed by atoms with van der Waals surface area (Å²) in [5.41, 5.74) is -0.984. The number of hydrogen-bond donors (Lipinski definition) is 7. The molecule has 1 unspecified atom stereocenters. The maximum atomic E-state index is 12.7. The Bertz CT molecular complexity index is 1450. The lowest BCUT2D eigenvalue weighted by Crippen LogP contribution is -2.60. The second-order valence-corrected chi connectivity index (χ2v) is 8.82. The van der Waals surface area contributed by atoms with E-state index in [1.165, 1.54) is 12.1 Å². The van der Waals surface area contributed by atoms with Crippen LogP contribution in [-0.2, 0) is 15.1 Å². The monoisotopic (exact) mass is 528 g/mol. The van der Waals surface area contributed by atoms with E-state index < -0.39 is 75.8 Å². The maximum Gasteiger partial charge on any atom is 0.446 e. The maximum absolute atomic E-state index is 12.7. The highest BCUT2D eigenvalue weighted by Crippen LogP contribution is 2.36. The fourth-order valence-electron chi connectivity index (χ4n) is 3.61. The van der Waals surface area contributed by atoms with Crippen molar-refractivity contribution in [2.24, 2.45) is 0 Å². The molecule has 0 radical (unpaired) electrons. The zero-order chi connectivity index (χ0) is 26.4. The van der Waals surface area contributed by atoms with Gasteiger partial charge in [0.2, 0.25) is 6.29 Å². The van der Waals surface area contributed by atoms with Gasteiger partial charge in [-0.2, -0.15) is 8.42 Å². The molecule has 1 fully saturated rings. The zero-order valence-electron chi connectivity index (χ0n) is 18.0. The van der Waals surface area contributed by atoms with Crippen LogP contribution < -0.4 is 14.3 Å². The summed E-state index contributed by atoms with van der Waals surface area (Å²) in [5, 5.41) is 59.0. The molecule has 0 aliphatic carbocycles. The summed E-state index contributed by atoms with van der Waals surface area (Å²) in [7, 11) is -5.02. The average molecular weight is 528 g/mol. The molecule has 15 heteroatoms. The number of rotatable bonds is 6. The number of aliphatic hydroxyl groups is 4. The third-order valence-corrected chi connectivity index (χ3v) is 5.70. The van der Waals surface area contributed by atoms with Crippen molar-refractivity contribution in [3.05, 3.63) is 46.6 Å². The van der Waals surface area contributed by atoms with Crippen LogP contribution in [0.4, 0.5) is 0 Å². The van der Waals surface area contributed by atoms with E-state index in [1.807, 2.05) is 0 Å². The fourth-order valence-corrected chi connectivity index (χ4v) is 3.97. The van der Waals surface area contributed by atoms with Crippen LogP contribution in [0.5, 0.6) is 23.0 Å². The Kier molecular flexibility index (Phi) is 6.80. The van der Waals surface area contributed by atoms with Crippen LogP contribution in [0.3, 0.4) is 0 Å². The van der Waals surface area contributed by atoms with Gasteiger partial charge in [0.25, 0.3) is 0 Å². The zero-order valence-corrected chi connectivity index (χ0v) is 18.8. The lowest BCUT2D eigenvalue weighted by atomic mass is 9.99. The van der Waals surface area contributed by atoms with Crippen molar-refractivity contribution in [2.75, 3.05) is 6.61 Å². The molecular formula is C21H20O14S. The summed E-state index contributed by atoms with van der Waals surface area (Å²) in [6.07, 6.45) is -7.97. The molecule has 3 aromatic rings. The van der Waals surface area contributed by atoms with Gasteiger partial charge in [-0.3, -0.25) is 9.35 Å². The molecule has 0 saturated carbocycles. The fraction of sp³-hybridized carbons (Fsp3) is 0.286. The number of hydrogen-bond acceptors (Lipinski definition) is 13. The van der Waals surface area contributed by atoms with Crippen molar-refractivity contribution in [3.63, 3.8) is 0 Å². The Balaban J connectivity index is 1.72. The molecule has 14 nitrogen and oxygen atoms in total. The summed E-state index contributed by atoms with van der Waals surface area (Å²) in [6, 6.07) is 6.38. The summed E-state index contributed by atoms with van der Waals surface area (Å²) in [4.78, 5) is 12.7. The molecular weight excluding hydrogens is 508 g/mol. The first-order valence-electron chi connectivity index (χ1n) is 10.2. The lowest BCUT2D eigenvalue weighted by Gasteiger charge is -2.39. The largest absolute Gasteiger partial charge is 0.508 e. The van der Waals surface area contributed by atoms with Crippen molar-refractivity contribution in [1.29, 1.82) is 0 Å². The predicted octanol–water partition coefficient (Wildman–Crippen LogP) is -0.769. The van der Waals surface area contributed by atoms with Crippen LogP contribution in [0.2, 0.25) is 0 Å². The van der Waals surface area contributed by atoms with Gasteiger partial charge < -0.3 is 48.7 Å². The molecule has 2 heterocycles. The van der Waals surface area contributed by atoms with E-state index >= 15 is 0 Å². The number of aliphatic hydroxyl groups excluding tert-OH is 4. The van der Waals surface area contributed by atoms with Gasteiger partial charge in [0, 0.05) is 23.8 Å². The van der Waals surface area contributed by atoms with Crippen LogP contribution in [0, 0.1) is 0 Å². The first kappa shape index (κ1) is 25.6. The standard InChI is InChI=1S/C21H20O14S/c22-7-16-18(26)19(27)20(28)21(34-16)33-13-3-8(1-2-10(13)24)12-6-11(25)17-14(32-12)4-9(23)5-15(17)35-36(29,30)31/h1-6,16,18-24,26-28H,7H2,(H,29,30,31)/t16-,18-,19+,20-,21?/m1/s1. The van der Waals surface area contributed by atoms with Gasteiger partial charge in [0.05, 0.1) is 6.61 Å². The van der Waals surface area contributed by atoms with E-state index in [4.69, 9.17) is 18.4 Å². The van der Waals surface area contributed by atoms with E-state index in [1.54, 1.807) is 0 Å². The second kappa shape index (κ2) is 9.55. The van der Waals surface area contributed by atoms with Crippen LogP contribution >= 0.6 is 0 Å². The minimum absolute atomic E-state index is 0.130. The van der Waals surface area contributed by atoms with Crippen LogP contribution in [0.15, 0.2) is 45.6 Å². The van der Waals surface area contributed by atoms with E-state index in [2.05, 4.69) is 4.18 Å². The summed E-state index contributed by atoms with van der Waals surface area (Å²) in [6.45, 7) is -0.699. The van der Waals surface area contributed by atoms with Crippen molar-refractivity contribution in [1.82, 2.24) is 0 Å². The number of phenols is 2. The molecule has 5 atom stereocenters. The summed E-state index contributed by atoms with van der Waals surface area (Å²) in [5.74, 6) is -2.09. The third kappa shape index (κ3) is 5.07. The predicted molar refractivity (Wildman–Crippen MR) is 118 cm³/mol. The van der Waals surface area contributed by atoms with Crippen LogP contribution in [-0.4, -0.2) is 80.9 Å². The molecule has 2 aromatic carbocycles. The average Bonchev–Trinajstić information content (AvgIpc) is 2.79.